The van der Waals surface area contributed by atoms with Gasteiger partial charge in [-0.15, -0.1) is 11.3 Å². The van der Waals surface area contributed by atoms with Crippen molar-refractivity contribution in [1.29, 1.82) is 0 Å². The number of halogens is 1. The molecule has 1 saturated heterocycles. The third-order valence-corrected chi connectivity index (χ3v) is 11.0. The highest BCUT2D eigenvalue weighted by atomic mass is 32.1. The summed E-state index contributed by atoms with van der Waals surface area (Å²) in [4.78, 5) is 70.2. The number of nitrogens with one attached hydrogen (secondary N) is 3. The number of thiazole rings is 1. The van der Waals surface area contributed by atoms with E-state index in [0.717, 1.165) is 5.56 Å². The summed E-state index contributed by atoms with van der Waals surface area (Å²) in [5.74, 6) is 3.81. The second-order valence-electron chi connectivity index (χ2n) is 14.8. The summed E-state index contributed by atoms with van der Waals surface area (Å²) in [6.45, 7) is 3.79. The molecule has 0 spiro atoms. The zero-order valence-electron chi connectivity index (χ0n) is 35.4. The number of hydrogen-bond acceptors (Lipinski definition) is 12. The summed E-state index contributed by atoms with van der Waals surface area (Å²) >= 11 is 1.22. The topological polar surface area (TPSA) is 184 Å². The van der Waals surface area contributed by atoms with E-state index >= 15 is 0 Å². The van der Waals surface area contributed by atoms with Gasteiger partial charge in [0.25, 0.3) is 17.7 Å². The maximum absolute atomic E-state index is 14.9. The van der Waals surface area contributed by atoms with Gasteiger partial charge >= 0.3 is 0 Å². The zero-order valence-corrected chi connectivity index (χ0v) is 36.3. The Labute approximate surface area is 378 Å². The summed E-state index contributed by atoms with van der Waals surface area (Å²) in [5, 5.41) is 9.74. The van der Waals surface area contributed by atoms with Crippen LogP contribution < -0.4 is 25.4 Å². The SMILES string of the molecule is Cc1ccc(OCCOCCOCCOCC#Cc2cccc3c2C(=O)N(C(C(=O)Nc2nccs2)c2cc(F)ccc2OCc2ccccc2)C3)cc1C(=O)NC1CCC(=O)NC1=O. The molecule has 2 atom stereocenters. The minimum atomic E-state index is -1.27. The lowest BCUT2D eigenvalue weighted by Gasteiger charge is -2.28. The van der Waals surface area contributed by atoms with Crippen LogP contribution >= 0.6 is 11.3 Å². The van der Waals surface area contributed by atoms with Crippen molar-refractivity contribution in [3.63, 3.8) is 0 Å². The molecule has 15 nitrogen and oxygen atoms in total. The highest BCUT2D eigenvalue weighted by molar-refractivity contribution is 7.13. The number of hydrogen-bond donors (Lipinski definition) is 3. The van der Waals surface area contributed by atoms with E-state index in [0.29, 0.717) is 58.5 Å². The van der Waals surface area contributed by atoms with Gasteiger partial charge in [-0.2, -0.15) is 0 Å². The third kappa shape index (κ3) is 12.4. The lowest BCUT2D eigenvalue weighted by Crippen LogP contribution is -2.52. The van der Waals surface area contributed by atoms with Crippen LogP contribution in [0.2, 0.25) is 0 Å². The van der Waals surface area contributed by atoms with E-state index in [1.54, 1.807) is 54.9 Å². The molecule has 0 bridgehead atoms. The zero-order chi connectivity index (χ0) is 45.5. The van der Waals surface area contributed by atoms with Gasteiger partial charge in [0.1, 0.15) is 49.2 Å². The first-order valence-corrected chi connectivity index (χ1v) is 21.7. The van der Waals surface area contributed by atoms with E-state index < -0.39 is 41.5 Å². The van der Waals surface area contributed by atoms with E-state index in [2.05, 4.69) is 32.8 Å². The first-order valence-electron chi connectivity index (χ1n) is 20.8. The van der Waals surface area contributed by atoms with E-state index in [1.807, 2.05) is 30.3 Å². The Hall–Kier alpha value is -6.97. The second-order valence-corrected chi connectivity index (χ2v) is 15.7. The summed E-state index contributed by atoms with van der Waals surface area (Å²) in [7, 11) is 0. The fraction of sp³-hybridized carbons (Fsp3) is 0.292. The van der Waals surface area contributed by atoms with Crippen molar-refractivity contribution in [1.82, 2.24) is 20.5 Å². The number of rotatable bonds is 20. The number of aryl methyl sites for hydroxylation is 1. The van der Waals surface area contributed by atoms with Gasteiger partial charge in [0, 0.05) is 41.2 Å². The smallest absolute Gasteiger partial charge is 0.256 e. The number of amides is 5. The molecule has 336 valence electrons. The van der Waals surface area contributed by atoms with Crippen LogP contribution in [0.5, 0.6) is 11.5 Å². The number of imide groups is 1. The molecule has 7 rings (SSSR count). The Bertz CT molecular complexity index is 2560. The van der Waals surface area contributed by atoms with Crippen LogP contribution in [0.25, 0.3) is 0 Å². The molecular weight excluding hydrogens is 858 g/mol. The van der Waals surface area contributed by atoms with Gasteiger partial charge in [0.2, 0.25) is 11.8 Å². The van der Waals surface area contributed by atoms with Crippen LogP contribution in [0.15, 0.2) is 96.5 Å². The number of carbonyl (C=O) groups is 5. The molecule has 2 aliphatic heterocycles. The van der Waals surface area contributed by atoms with Gasteiger partial charge in [0.05, 0.1) is 38.6 Å². The summed E-state index contributed by atoms with van der Waals surface area (Å²) in [5.41, 5.74) is 3.61. The quantitative estimate of drug-likeness (QED) is 0.0508. The van der Waals surface area contributed by atoms with Crippen molar-refractivity contribution in [3.8, 4) is 23.3 Å². The standard InChI is InChI=1S/C48H46FN5O10S/c1-31-12-14-36(28-37(31)44(56)51-39-15-17-41(55)52-45(39)57)63-25-24-62-23-22-61-21-20-60-19-6-11-33-9-5-10-34-29-54(47(59)42(33)34)43(46(58)53-48-50-18-26-65-48)38-27-35(49)13-16-40(38)64-30-32-7-3-2-4-8-32/h2-5,7-10,12-14,16,18,26-28,39,43H,15,17,19-25,29-30H2,1H3,(H,51,56)(H,50,53,58)(H,52,55,57). The molecule has 5 aromatic rings. The van der Waals surface area contributed by atoms with Gasteiger partial charge in [0.15, 0.2) is 5.13 Å². The molecule has 3 heterocycles. The van der Waals surface area contributed by atoms with E-state index in [4.69, 9.17) is 23.7 Å². The van der Waals surface area contributed by atoms with Crippen molar-refractivity contribution in [3.05, 3.63) is 141 Å². The monoisotopic (exact) mass is 903 g/mol. The minimum Gasteiger partial charge on any atom is -0.491 e. The van der Waals surface area contributed by atoms with E-state index in [1.165, 1.54) is 34.4 Å². The summed E-state index contributed by atoms with van der Waals surface area (Å²) in [6, 6.07) is 21.7. The number of aromatic nitrogens is 1. The third-order valence-electron chi connectivity index (χ3n) is 10.3. The molecule has 0 saturated carbocycles. The van der Waals surface area contributed by atoms with Crippen molar-refractivity contribution >= 4 is 46.0 Å². The molecule has 0 radical (unpaired) electrons. The summed E-state index contributed by atoms with van der Waals surface area (Å²) < 4.78 is 43.7. The van der Waals surface area contributed by atoms with Crippen LogP contribution in [0.3, 0.4) is 0 Å². The number of carbonyl (C=O) groups excluding carboxylic acids is 5. The van der Waals surface area contributed by atoms with Crippen LogP contribution in [-0.4, -0.2) is 91.7 Å². The van der Waals surface area contributed by atoms with Crippen molar-refractivity contribution < 1.29 is 52.0 Å². The minimum absolute atomic E-state index is 0.0716. The number of benzene rings is 4. The molecule has 3 N–H and O–H groups in total. The number of ether oxygens (including phenoxy) is 5. The Kier molecular flexibility index (Phi) is 16.0. The molecule has 5 amide bonds. The predicted molar refractivity (Wildman–Crippen MR) is 237 cm³/mol. The normalized spacial score (nSPS) is 14.8. The molecular formula is C48H46FN5O10S. The van der Waals surface area contributed by atoms with Crippen molar-refractivity contribution in [2.24, 2.45) is 0 Å². The first kappa shape index (κ1) is 46.0. The van der Waals surface area contributed by atoms with E-state index in [-0.39, 0.29) is 69.6 Å². The number of anilines is 1. The molecule has 2 aliphatic rings. The van der Waals surface area contributed by atoms with Gasteiger partial charge in [-0.3, -0.25) is 34.6 Å². The Morgan fingerprint density at radius 2 is 1.71 bits per heavy atom. The lowest BCUT2D eigenvalue weighted by molar-refractivity contribution is -0.134. The molecule has 1 fully saturated rings. The summed E-state index contributed by atoms with van der Waals surface area (Å²) in [6.07, 6.45) is 1.95. The van der Waals surface area contributed by atoms with Crippen LogP contribution in [0.1, 0.15) is 67.4 Å². The predicted octanol–water partition coefficient (Wildman–Crippen LogP) is 5.52. The fourth-order valence-electron chi connectivity index (χ4n) is 7.12. The second kappa shape index (κ2) is 22.6. The molecule has 0 aliphatic carbocycles. The maximum Gasteiger partial charge on any atom is 0.256 e. The van der Waals surface area contributed by atoms with Gasteiger partial charge in [-0.1, -0.05) is 60.4 Å². The Morgan fingerprint density at radius 3 is 2.48 bits per heavy atom. The average molecular weight is 904 g/mol. The fourth-order valence-corrected chi connectivity index (χ4v) is 7.65. The van der Waals surface area contributed by atoms with Crippen molar-refractivity contribution in [2.45, 2.75) is 45.0 Å². The first-order chi connectivity index (χ1) is 31.6. The molecule has 4 aromatic carbocycles. The van der Waals surface area contributed by atoms with Gasteiger partial charge in [-0.25, -0.2) is 9.37 Å². The van der Waals surface area contributed by atoms with Gasteiger partial charge < -0.3 is 33.9 Å². The van der Waals surface area contributed by atoms with Crippen molar-refractivity contribution in [2.75, 3.05) is 51.6 Å². The Balaban J connectivity index is 0.856. The number of nitrogens with zero attached hydrogens (tertiary/aromatic N) is 2. The Morgan fingerprint density at radius 1 is 0.923 bits per heavy atom. The molecule has 1 aromatic heterocycles. The van der Waals surface area contributed by atoms with Crippen LogP contribution in [0, 0.1) is 24.6 Å². The maximum atomic E-state index is 14.9. The highest BCUT2D eigenvalue weighted by Crippen LogP contribution is 2.38. The highest BCUT2D eigenvalue weighted by Gasteiger charge is 2.40. The molecule has 2 unspecified atom stereocenters. The molecule has 17 heteroatoms. The van der Waals surface area contributed by atoms with Crippen LogP contribution in [-0.2, 0) is 41.7 Å². The lowest BCUT2D eigenvalue weighted by atomic mass is 10.0. The largest absolute Gasteiger partial charge is 0.491 e. The number of piperidine rings is 1. The average Bonchev–Trinajstić information content (AvgIpc) is 3.94. The van der Waals surface area contributed by atoms with E-state index in [9.17, 15) is 28.4 Å². The van der Waals surface area contributed by atoms with Crippen LogP contribution in [0.4, 0.5) is 9.52 Å². The molecule has 65 heavy (non-hydrogen) atoms. The number of fused-ring (bicyclic) bond motifs is 1. The van der Waals surface area contributed by atoms with Gasteiger partial charge in [-0.05, 0) is 66.4 Å².